The minimum absolute atomic E-state index is 0.145. The molecule has 0 amide bonds. The van der Waals surface area contributed by atoms with E-state index in [1.807, 2.05) is 75.4 Å². The highest BCUT2D eigenvalue weighted by Crippen LogP contribution is 2.63. The zero-order chi connectivity index (χ0) is 18.6. The van der Waals surface area contributed by atoms with Crippen LogP contribution in [0.15, 0.2) is 54.6 Å². The van der Waals surface area contributed by atoms with Crippen molar-refractivity contribution in [2.75, 3.05) is 25.1 Å². The Morgan fingerprint density at radius 1 is 1.08 bits per heavy atom. The molecule has 6 heteroatoms. The van der Waals surface area contributed by atoms with E-state index in [1.165, 1.54) is 0 Å². The van der Waals surface area contributed by atoms with Gasteiger partial charge in [0.2, 0.25) is 0 Å². The Morgan fingerprint density at radius 3 is 2.27 bits per heavy atom. The van der Waals surface area contributed by atoms with Crippen molar-refractivity contribution >= 4 is 13.3 Å². The first-order chi connectivity index (χ1) is 12.4. The van der Waals surface area contributed by atoms with Crippen molar-refractivity contribution in [1.29, 1.82) is 0 Å². The number of ether oxygens (including phenoxy) is 1. The lowest BCUT2D eigenvalue weighted by Crippen LogP contribution is -2.31. The zero-order valence-electron chi connectivity index (χ0n) is 15.5. The summed E-state index contributed by atoms with van der Waals surface area (Å²) >= 11 is 0. The van der Waals surface area contributed by atoms with Crippen LogP contribution < -0.4 is 10.1 Å². The molecule has 1 saturated heterocycles. The van der Waals surface area contributed by atoms with Crippen molar-refractivity contribution in [1.82, 2.24) is 0 Å². The third-order valence-corrected chi connectivity index (χ3v) is 6.21. The van der Waals surface area contributed by atoms with E-state index in [2.05, 4.69) is 5.32 Å². The quantitative estimate of drug-likeness (QED) is 0.679. The predicted molar refractivity (Wildman–Crippen MR) is 104 cm³/mol. The Bertz CT molecular complexity index is 747. The normalized spacial score (nSPS) is 19.5. The van der Waals surface area contributed by atoms with Gasteiger partial charge in [0.1, 0.15) is 5.75 Å². The maximum atomic E-state index is 13.5. The fourth-order valence-electron chi connectivity index (χ4n) is 2.71. The van der Waals surface area contributed by atoms with Crippen LogP contribution in [0.3, 0.4) is 0 Å². The van der Waals surface area contributed by atoms with Crippen molar-refractivity contribution in [3.05, 3.63) is 60.2 Å². The molecule has 0 radical (unpaired) electrons. The lowest BCUT2D eigenvalue weighted by molar-refractivity contribution is 0.0387. The van der Waals surface area contributed by atoms with Crippen molar-refractivity contribution in [2.45, 2.75) is 26.6 Å². The summed E-state index contributed by atoms with van der Waals surface area (Å²) < 4.78 is 30.5. The highest BCUT2D eigenvalue weighted by atomic mass is 31.2. The molecular weight excluding hydrogens is 349 g/mol. The average molecular weight is 375 g/mol. The molecule has 2 aromatic rings. The second-order valence-electron chi connectivity index (χ2n) is 7.17. The lowest BCUT2D eigenvalue weighted by Gasteiger charge is -2.38. The van der Waals surface area contributed by atoms with Crippen molar-refractivity contribution in [2.24, 2.45) is 5.41 Å². The minimum Gasteiger partial charge on any atom is -0.494 e. The van der Waals surface area contributed by atoms with Crippen LogP contribution in [0.4, 0.5) is 5.69 Å². The maximum Gasteiger partial charge on any atom is 0.357 e. The van der Waals surface area contributed by atoms with Gasteiger partial charge < -0.3 is 19.1 Å². The molecule has 1 atom stereocenters. The van der Waals surface area contributed by atoms with Gasteiger partial charge in [0.05, 0.1) is 19.8 Å². The lowest BCUT2D eigenvalue weighted by atomic mass is 9.97. The molecule has 1 heterocycles. The van der Waals surface area contributed by atoms with Crippen LogP contribution in [0.25, 0.3) is 0 Å². The summed E-state index contributed by atoms with van der Waals surface area (Å²) in [5, 5.41) is 3.33. The maximum absolute atomic E-state index is 13.5. The molecule has 0 saturated carbocycles. The number of benzene rings is 2. The van der Waals surface area contributed by atoms with E-state index in [1.54, 1.807) is 0 Å². The molecular formula is C20H26NO4P. The second-order valence-corrected chi connectivity index (χ2v) is 9.28. The van der Waals surface area contributed by atoms with E-state index in [0.29, 0.717) is 19.8 Å². The van der Waals surface area contributed by atoms with Crippen molar-refractivity contribution < 1.29 is 18.3 Å². The Kier molecular flexibility index (Phi) is 5.71. The topological polar surface area (TPSA) is 56.8 Å². The molecule has 1 aliphatic heterocycles. The Labute approximate surface area is 155 Å². The van der Waals surface area contributed by atoms with Crippen LogP contribution in [0.2, 0.25) is 0 Å². The molecule has 0 spiro atoms. The molecule has 0 aromatic heterocycles. The molecule has 3 rings (SSSR count). The average Bonchev–Trinajstić information content (AvgIpc) is 2.65. The first kappa shape index (κ1) is 19.0. The third kappa shape index (κ3) is 4.47. The summed E-state index contributed by atoms with van der Waals surface area (Å²) in [7, 11) is -3.36. The number of nitrogens with one attached hydrogen (secondary N) is 1. The molecule has 1 fully saturated rings. The highest BCUT2D eigenvalue weighted by molar-refractivity contribution is 7.54. The molecule has 1 aliphatic rings. The second kappa shape index (κ2) is 7.83. The third-order valence-electron chi connectivity index (χ3n) is 4.17. The Balaban J connectivity index is 1.86. The monoisotopic (exact) mass is 375 g/mol. The highest BCUT2D eigenvalue weighted by Gasteiger charge is 2.43. The molecule has 0 aliphatic carbocycles. The number of hydrogen-bond acceptors (Lipinski definition) is 5. The van der Waals surface area contributed by atoms with Gasteiger partial charge in [0.25, 0.3) is 0 Å². The van der Waals surface area contributed by atoms with Gasteiger partial charge in [-0.3, -0.25) is 4.57 Å². The van der Waals surface area contributed by atoms with Crippen LogP contribution >= 0.6 is 7.60 Å². The van der Waals surface area contributed by atoms with Gasteiger partial charge in [-0.25, -0.2) is 0 Å². The molecule has 0 unspecified atom stereocenters. The molecule has 140 valence electrons. The van der Waals surface area contributed by atoms with E-state index in [0.717, 1.165) is 17.0 Å². The van der Waals surface area contributed by atoms with Crippen molar-refractivity contribution in [3.8, 4) is 5.75 Å². The first-order valence-corrected chi connectivity index (χ1v) is 10.5. The SMILES string of the molecule is CCOc1ccc(N[C@@H](c2ccccc2)P2(=O)OCC(C)(C)CO2)cc1. The van der Waals surface area contributed by atoms with E-state index in [4.69, 9.17) is 13.8 Å². The molecule has 1 N–H and O–H groups in total. The molecule has 2 aromatic carbocycles. The van der Waals surface area contributed by atoms with Crippen LogP contribution in [0, 0.1) is 5.41 Å². The smallest absolute Gasteiger partial charge is 0.357 e. The van der Waals surface area contributed by atoms with E-state index in [9.17, 15) is 4.57 Å². The van der Waals surface area contributed by atoms with Gasteiger partial charge in [0, 0.05) is 11.1 Å². The van der Waals surface area contributed by atoms with Crippen LogP contribution in [0.5, 0.6) is 5.75 Å². The number of rotatable bonds is 6. The largest absolute Gasteiger partial charge is 0.494 e. The summed E-state index contributed by atoms with van der Waals surface area (Å²) in [6, 6.07) is 17.2. The van der Waals surface area contributed by atoms with Crippen molar-refractivity contribution in [3.63, 3.8) is 0 Å². The van der Waals surface area contributed by atoms with E-state index >= 15 is 0 Å². The number of anilines is 1. The van der Waals surface area contributed by atoms with E-state index < -0.39 is 13.4 Å². The molecule has 5 nitrogen and oxygen atoms in total. The minimum atomic E-state index is -3.36. The first-order valence-electron chi connectivity index (χ1n) is 8.85. The zero-order valence-corrected chi connectivity index (χ0v) is 16.4. The summed E-state index contributed by atoms with van der Waals surface area (Å²) in [4.78, 5) is 0. The summed E-state index contributed by atoms with van der Waals surface area (Å²) in [6.45, 7) is 7.44. The van der Waals surface area contributed by atoms with Gasteiger partial charge >= 0.3 is 7.60 Å². The fourth-order valence-corrected chi connectivity index (χ4v) is 4.99. The summed E-state index contributed by atoms with van der Waals surface area (Å²) in [6.07, 6.45) is 0. The van der Waals surface area contributed by atoms with Gasteiger partial charge in [-0.1, -0.05) is 44.2 Å². The molecule has 26 heavy (non-hydrogen) atoms. The molecule has 0 bridgehead atoms. The summed E-state index contributed by atoms with van der Waals surface area (Å²) in [5.74, 6) is 0.227. The van der Waals surface area contributed by atoms with E-state index in [-0.39, 0.29) is 5.41 Å². The summed E-state index contributed by atoms with van der Waals surface area (Å²) in [5.41, 5.74) is 1.55. The van der Waals surface area contributed by atoms with Crippen LogP contribution in [0.1, 0.15) is 32.1 Å². The predicted octanol–water partition coefficient (Wildman–Crippen LogP) is 5.46. The number of hydrogen-bond donors (Lipinski definition) is 1. The van der Waals surface area contributed by atoms with Crippen LogP contribution in [-0.4, -0.2) is 19.8 Å². The van der Waals surface area contributed by atoms with Gasteiger partial charge in [-0.05, 0) is 36.8 Å². The Morgan fingerprint density at radius 2 is 1.69 bits per heavy atom. The van der Waals surface area contributed by atoms with Gasteiger partial charge in [0.15, 0.2) is 5.78 Å². The standard InChI is InChI=1S/C20H26NO4P/c1-4-23-18-12-10-17(11-13-18)21-19(16-8-6-5-7-9-16)26(22)24-14-20(2,3)15-25-26/h5-13,19,21H,4,14-15H2,1-3H3/t19-/m1/s1. The van der Waals surface area contributed by atoms with Gasteiger partial charge in [-0.2, -0.15) is 0 Å². The van der Waals surface area contributed by atoms with Gasteiger partial charge in [-0.15, -0.1) is 0 Å². The van der Waals surface area contributed by atoms with Crippen LogP contribution in [-0.2, 0) is 13.6 Å². The fraction of sp³-hybridized carbons (Fsp3) is 0.400. The Hall–Kier alpha value is -1.81.